The van der Waals surface area contributed by atoms with Gasteiger partial charge in [-0.05, 0) is 12.1 Å². The summed E-state index contributed by atoms with van der Waals surface area (Å²) in [5.74, 6) is -1.67. The summed E-state index contributed by atoms with van der Waals surface area (Å²) in [6, 6.07) is 3.27. The number of hydrogen-bond donors (Lipinski definition) is 0. The highest BCUT2D eigenvalue weighted by molar-refractivity contribution is 7.15. The Bertz CT molecular complexity index is 935. The molecular formula is C16H12ClF2N3OS. The fourth-order valence-corrected chi connectivity index (χ4v) is 3.19. The van der Waals surface area contributed by atoms with Gasteiger partial charge in [0.05, 0.1) is 5.69 Å². The monoisotopic (exact) mass is 367 g/mol. The first kappa shape index (κ1) is 16.6. The first-order valence-corrected chi connectivity index (χ1v) is 8.19. The maximum Gasteiger partial charge on any atom is 0.246 e. The van der Waals surface area contributed by atoms with Crippen molar-refractivity contribution in [1.29, 1.82) is 0 Å². The fourth-order valence-electron chi connectivity index (χ4n) is 2.19. The topological polar surface area (TPSA) is 37.6 Å². The Morgan fingerprint density at radius 1 is 1.46 bits per heavy atom. The van der Waals surface area contributed by atoms with E-state index < -0.39 is 11.6 Å². The molecule has 3 aromatic rings. The number of carbonyl (C=O) groups is 1. The number of benzene rings is 1. The molecule has 0 unspecified atom stereocenters. The van der Waals surface area contributed by atoms with Crippen molar-refractivity contribution in [3.63, 3.8) is 0 Å². The lowest BCUT2D eigenvalue weighted by molar-refractivity contribution is -0.125. The highest BCUT2D eigenvalue weighted by atomic mass is 35.5. The van der Waals surface area contributed by atoms with E-state index in [9.17, 15) is 13.6 Å². The number of amides is 1. The van der Waals surface area contributed by atoms with Crippen molar-refractivity contribution in [3.8, 4) is 0 Å². The van der Waals surface area contributed by atoms with Crippen molar-refractivity contribution in [2.45, 2.75) is 6.54 Å². The van der Waals surface area contributed by atoms with Crippen LogP contribution in [0.5, 0.6) is 0 Å². The summed E-state index contributed by atoms with van der Waals surface area (Å²) in [6.07, 6.45) is 4.71. The number of fused-ring (bicyclic) bond motifs is 1. The molecule has 0 bridgehead atoms. The zero-order valence-corrected chi connectivity index (χ0v) is 14.1. The number of halogens is 3. The van der Waals surface area contributed by atoms with Crippen LogP contribution in [0.1, 0.15) is 11.3 Å². The summed E-state index contributed by atoms with van der Waals surface area (Å²) in [5, 5.41) is 2.17. The van der Waals surface area contributed by atoms with Gasteiger partial charge in [0, 0.05) is 42.9 Å². The van der Waals surface area contributed by atoms with E-state index in [1.165, 1.54) is 35.4 Å². The lowest BCUT2D eigenvalue weighted by Gasteiger charge is -2.15. The van der Waals surface area contributed by atoms with Gasteiger partial charge in [-0.15, -0.1) is 11.3 Å². The fraction of sp³-hybridized carbons (Fsp3) is 0.125. The van der Waals surface area contributed by atoms with Crippen molar-refractivity contribution < 1.29 is 13.6 Å². The number of nitrogens with zero attached hydrogens (tertiary/aromatic N) is 3. The maximum absolute atomic E-state index is 13.7. The predicted octanol–water partition coefficient (Wildman–Crippen LogP) is 4.00. The average molecular weight is 368 g/mol. The van der Waals surface area contributed by atoms with Gasteiger partial charge >= 0.3 is 0 Å². The molecule has 1 aromatic carbocycles. The molecule has 3 rings (SSSR count). The summed E-state index contributed by atoms with van der Waals surface area (Å²) in [4.78, 5) is 18.4. The molecule has 0 aliphatic rings. The van der Waals surface area contributed by atoms with Gasteiger partial charge in [0.25, 0.3) is 0 Å². The second-order valence-corrected chi connectivity index (χ2v) is 6.34. The minimum Gasteiger partial charge on any atom is -0.338 e. The predicted molar refractivity (Wildman–Crippen MR) is 89.9 cm³/mol. The Morgan fingerprint density at radius 3 is 3.00 bits per heavy atom. The smallest absolute Gasteiger partial charge is 0.246 e. The van der Waals surface area contributed by atoms with Crippen LogP contribution in [0.4, 0.5) is 8.78 Å². The molecule has 24 heavy (non-hydrogen) atoms. The first-order chi connectivity index (χ1) is 11.5. The summed E-state index contributed by atoms with van der Waals surface area (Å²) >= 11 is 7.48. The molecule has 0 aliphatic carbocycles. The molecule has 2 aromatic heterocycles. The van der Waals surface area contributed by atoms with E-state index in [1.807, 2.05) is 5.38 Å². The maximum atomic E-state index is 13.7. The molecule has 1 amide bonds. The summed E-state index contributed by atoms with van der Waals surface area (Å²) in [6.45, 7) is 0.0310. The highest BCUT2D eigenvalue weighted by Crippen LogP contribution is 2.22. The van der Waals surface area contributed by atoms with Gasteiger partial charge in [-0.25, -0.2) is 13.8 Å². The van der Waals surface area contributed by atoms with Crippen molar-refractivity contribution in [2.24, 2.45) is 0 Å². The second-order valence-electron chi connectivity index (χ2n) is 5.11. The number of imidazole rings is 1. The molecule has 0 saturated carbocycles. The van der Waals surface area contributed by atoms with Crippen LogP contribution in [0.2, 0.25) is 5.15 Å². The molecule has 8 heteroatoms. The number of thiazole rings is 1. The first-order valence-electron chi connectivity index (χ1n) is 6.94. The van der Waals surface area contributed by atoms with Crippen molar-refractivity contribution in [3.05, 3.63) is 63.9 Å². The normalized spacial score (nSPS) is 11.5. The van der Waals surface area contributed by atoms with E-state index in [2.05, 4.69) is 4.98 Å². The minimum atomic E-state index is -0.683. The molecule has 4 nitrogen and oxygen atoms in total. The molecule has 124 valence electrons. The molecule has 0 atom stereocenters. The summed E-state index contributed by atoms with van der Waals surface area (Å²) in [5.41, 5.74) is 0.839. The molecular weight excluding hydrogens is 356 g/mol. The lowest BCUT2D eigenvalue weighted by atomic mass is 10.2. The van der Waals surface area contributed by atoms with E-state index >= 15 is 0 Å². The van der Waals surface area contributed by atoms with E-state index in [0.29, 0.717) is 10.8 Å². The van der Waals surface area contributed by atoms with Crippen LogP contribution in [-0.2, 0) is 11.3 Å². The van der Waals surface area contributed by atoms with Crippen LogP contribution in [-0.4, -0.2) is 27.2 Å². The van der Waals surface area contributed by atoms with Gasteiger partial charge in [-0.1, -0.05) is 17.7 Å². The van der Waals surface area contributed by atoms with Crippen LogP contribution in [0.15, 0.2) is 35.9 Å². The van der Waals surface area contributed by atoms with Crippen LogP contribution >= 0.6 is 22.9 Å². The van der Waals surface area contributed by atoms with Crippen LogP contribution in [0.3, 0.4) is 0 Å². The largest absolute Gasteiger partial charge is 0.338 e. The number of hydrogen-bond acceptors (Lipinski definition) is 3. The zero-order chi connectivity index (χ0) is 17.3. The number of carbonyl (C=O) groups excluding carboxylic acids is 1. The van der Waals surface area contributed by atoms with Gasteiger partial charge in [0.2, 0.25) is 5.91 Å². The molecule has 2 heterocycles. The van der Waals surface area contributed by atoms with E-state index in [0.717, 1.165) is 17.1 Å². The van der Waals surface area contributed by atoms with E-state index in [1.54, 1.807) is 16.7 Å². The highest BCUT2D eigenvalue weighted by Gasteiger charge is 2.12. The van der Waals surface area contributed by atoms with Crippen LogP contribution in [0.25, 0.3) is 11.0 Å². The van der Waals surface area contributed by atoms with Crippen molar-refractivity contribution in [2.75, 3.05) is 7.05 Å². The summed E-state index contributed by atoms with van der Waals surface area (Å²) in [7, 11) is 1.54. The standard InChI is InChI=1S/C16H12ClF2N3OS/c1-21(9-10-2-3-11(18)8-12(10)19)14(23)5-4-13-15(17)20-16-22(13)6-7-24-16/h2-8H,9H2,1H3/b5-4+. The van der Waals surface area contributed by atoms with Crippen LogP contribution in [0, 0.1) is 11.6 Å². The van der Waals surface area contributed by atoms with Gasteiger partial charge in [-0.2, -0.15) is 0 Å². The quantitative estimate of drug-likeness (QED) is 0.654. The lowest BCUT2D eigenvalue weighted by Crippen LogP contribution is -2.24. The molecule has 0 radical (unpaired) electrons. The van der Waals surface area contributed by atoms with E-state index in [-0.39, 0.29) is 18.0 Å². The van der Waals surface area contributed by atoms with Crippen molar-refractivity contribution in [1.82, 2.24) is 14.3 Å². The van der Waals surface area contributed by atoms with Gasteiger partial charge in [0.1, 0.15) is 11.6 Å². The molecule has 0 N–H and O–H groups in total. The van der Waals surface area contributed by atoms with Crippen LogP contribution < -0.4 is 0 Å². The number of aromatic nitrogens is 2. The minimum absolute atomic E-state index is 0.0310. The third-order valence-electron chi connectivity index (χ3n) is 3.44. The third kappa shape index (κ3) is 3.32. The van der Waals surface area contributed by atoms with Gasteiger partial charge in [0.15, 0.2) is 10.1 Å². The van der Waals surface area contributed by atoms with Gasteiger partial charge < -0.3 is 4.90 Å². The Hall–Kier alpha value is -2.25. The summed E-state index contributed by atoms with van der Waals surface area (Å²) < 4.78 is 28.3. The zero-order valence-electron chi connectivity index (χ0n) is 12.5. The second kappa shape index (κ2) is 6.70. The molecule has 0 saturated heterocycles. The third-order valence-corrected chi connectivity index (χ3v) is 4.47. The number of rotatable bonds is 4. The number of likely N-dealkylation sites (N-methyl/N-ethyl adjacent to an activating group) is 1. The van der Waals surface area contributed by atoms with Crippen molar-refractivity contribution >= 4 is 39.9 Å². The Kier molecular flexibility index (Phi) is 4.64. The SMILES string of the molecule is CN(Cc1ccc(F)cc1F)C(=O)/C=C/c1c(Cl)nc2sccn12. The Morgan fingerprint density at radius 2 is 2.25 bits per heavy atom. The van der Waals surface area contributed by atoms with E-state index in [4.69, 9.17) is 11.6 Å². The Balaban J connectivity index is 1.74. The molecule has 0 fully saturated rings. The van der Waals surface area contributed by atoms with Gasteiger partial charge in [-0.3, -0.25) is 9.20 Å². The average Bonchev–Trinajstić information content (AvgIpc) is 3.08. The Labute approximate surface area is 145 Å². The molecule has 0 spiro atoms. The molecule has 0 aliphatic heterocycles.